The number of carbonyl (C=O) groups excluding carboxylic acids is 1. The highest BCUT2D eigenvalue weighted by atomic mass is 79.9. The van der Waals surface area contributed by atoms with Crippen LogP contribution in [-0.4, -0.2) is 10.5 Å². The average molecular weight is 455 g/mol. The third-order valence-corrected chi connectivity index (χ3v) is 5.05. The summed E-state index contributed by atoms with van der Waals surface area (Å²) in [6.07, 6.45) is 2.82. The number of anilines is 1. The van der Waals surface area contributed by atoms with Gasteiger partial charge >= 0.3 is 0 Å². The van der Waals surface area contributed by atoms with E-state index in [1.807, 2.05) is 10.8 Å². The first-order valence-corrected chi connectivity index (χ1v) is 8.58. The zero-order chi connectivity index (χ0) is 15.6. The van der Waals surface area contributed by atoms with Crippen molar-refractivity contribution in [2.24, 2.45) is 0 Å². The van der Waals surface area contributed by atoms with Crippen LogP contribution in [0.5, 0.6) is 0 Å². The van der Waals surface area contributed by atoms with Crippen LogP contribution in [0.1, 0.15) is 23.8 Å². The Kier molecular flexibility index (Phi) is 5.77. The first-order valence-electron chi connectivity index (χ1n) is 6.24. The van der Waals surface area contributed by atoms with Gasteiger partial charge in [-0.25, -0.2) is 0 Å². The van der Waals surface area contributed by atoms with Crippen molar-refractivity contribution in [3.63, 3.8) is 0 Å². The fourth-order valence-electron chi connectivity index (χ4n) is 1.90. The van der Waals surface area contributed by atoms with Crippen molar-refractivity contribution in [3.8, 4) is 0 Å². The number of amides is 1. The number of halogens is 4. The van der Waals surface area contributed by atoms with Crippen LogP contribution in [0.15, 0.2) is 33.3 Å². The van der Waals surface area contributed by atoms with Crippen LogP contribution in [0.2, 0.25) is 10.0 Å². The standard InChI is InChI=1S/C14H12Br2Cl2N2O/c1-2-5-20-7-8(15)6-11(20)14(21)19-10-4-3-9(16)12(17)13(10)18/h3-4,6-7H,2,5H2,1H3,(H,19,21). The summed E-state index contributed by atoms with van der Waals surface area (Å²) >= 11 is 18.9. The van der Waals surface area contributed by atoms with Gasteiger partial charge in [-0.15, -0.1) is 0 Å². The number of benzene rings is 1. The van der Waals surface area contributed by atoms with Crippen LogP contribution in [-0.2, 0) is 6.54 Å². The van der Waals surface area contributed by atoms with Gasteiger partial charge in [0, 0.05) is 21.7 Å². The monoisotopic (exact) mass is 452 g/mol. The molecular formula is C14H12Br2Cl2N2O. The SMILES string of the molecule is CCCn1cc(Br)cc1C(=O)Nc1ccc(Br)c(Cl)c1Cl. The smallest absolute Gasteiger partial charge is 0.272 e. The largest absolute Gasteiger partial charge is 0.342 e. The molecule has 0 radical (unpaired) electrons. The first-order chi connectivity index (χ1) is 9.93. The van der Waals surface area contributed by atoms with Gasteiger partial charge in [-0.1, -0.05) is 30.1 Å². The Morgan fingerprint density at radius 3 is 2.67 bits per heavy atom. The number of nitrogens with one attached hydrogen (secondary N) is 1. The lowest BCUT2D eigenvalue weighted by Crippen LogP contribution is -2.17. The lowest BCUT2D eigenvalue weighted by Gasteiger charge is -2.11. The van der Waals surface area contributed by atoms with Crippen molar-refractivity contribution in [1.82, 2.24) is 4.57 Å². The summed E-state index contributed by atoms with van der Waals surface area (Å²) in [4.78, 5) is 12.4. The van der Waals surface area contributed by atoms with Crippen molar-refractivity contribution in [3.05, 3.63) is 49.1 Å². The molecule has 1 heterocycles. The normalized spacial score (nSPS) is 10.7. The summed E-state index contributed by atoms with van der Waals surface area (Å²) in [5, 5.41) is 3.48. The molecule has 7 heteroatoms. The molecule has 1 amide bonds. The summed E-state index contributed by atoms with van der Waals surface area (Å²) in [7, 11) is 0. The lowest BCUT2D eigenvalue weighted by molar-refractivity contribution is 0.101. The molecule has 0 aliphatic carbocycles. The molecule has 0 saturated carbocycles. The maximum atomic E-state index is 12.4. The van der Waals surface area contributed by atoms with E-state index >= 15 is 0 Å². The highest BCUT2D eigenvalue weighted by molar-refractivity contribution is 9.10. The quantitative estimate of drug-likeness (QED) is 0.566. The Morgan fingerprint density at radius 2 is 2.00 bits per heavy atom. The van der Waals surface area contributed by atoms with Crippen LogP contribution in [0, 0.1) is 0 Å². The van der Waals surface area contributed by atoms with E-state index in [0.717, 1.165) is 17.4 Å². The molecule has 1 N–H and O–H groups in total. The number of hydrogen-bond donors (Lipinski definition) is 1. The lowest BCUT2D eigenvalue weighted by atomic mass is 10.3. The number of nitrogens with zero attached hydrogens (tertiary/aromatic N) is 1. The average Bonchev–Trinajstić information content (AvgIpc) is 2.81. The summed E-state index contributed by atoms with van der Waals surface area (Å²) in [6, 6.07) is 5.22. The molecule has 2 rings (SSSR count). The van der Waals surface area contributed by atoms with Crippen LogP contribution >= 0.6 is 55.1 Å². The Labute approximate surface area is 149 Å². The van der Waals surface area contributed by atoms with Gasteiger partial charge in [0.05, 0.1) is 15.7 Å². The van der Waals surface area contributed by atoms with Crippen molar-refractivity contribution in [2.45, 2.75) is 19.9 Å². The Balaban J connectivity index is 2.28. The van der Waals surface area contributed by atoms with Crippen molar-refractivity contribution < 1.29 is 4.79 Å². The predicted molar refractivity (Wildman–Crippen MR) is 94.5 cm³/mol. The third kappa shape index (κ3) is 3.83. The van der Waals surface area contributed by atoms with Gasteiger partial charge < -0.3 is 9.88 Å². The summed E-state index contributed by atoms with van der Waals surface area (Å²) in [5.74, 6) is -0.227. The molecule has 0 spiro atoms. The van der Waals surface area contributed by atoms with E-state index in [2.05, 4.69) is 44.1 Å². The summed E-state index contributed by atoms with van der Waals surface area (Å²) in [6.45, 7) is 2.82. The van der Waals surface area contributed by atoms with Gasteiger partial charge in [0.1, 0.15) is 5.69 Å². The predicted octanol–water partition coefficient (Wildman–Crippen LogP) is 5.98. The summed E-state index contributed by atoms with van der Waals surface area (Å²) in [5.41, 5.74) is 1.05. The molecule has 0 bridgehead atoms. The zero-order valence-electron chi connectivity index (χ0n) is 11.1. The minimum atomic E-state index is -0.227. The molecule has 0 fully saturated rings. The molecule has 1 aromatic carbocycles. The first kappa shape index (κ1) is 16.9. The number of aryl methyl sites for hydroxylation is 1. The van der Waals surface area contributed by atoms with Crippen LogP contribution in [0.3, 0.4) is 0 Å². The van der Waals surface area contributed by atoms with Crippen molar-refractivity contribution in [2.75, 3.05) is 5.32 Å². The molecular weight excluding hydrogens is 443 g/mol. The Morgan fingerprint density at radius 1 is 1.29 bits per heavy atom. The van der Waals surface area contributed by atoms with E-state index in [1.165, 1.54) is 0 Å². The maximum Gasteiger partial charge on any atom is 0.272 e. The van der Waals surface area contributed by atoms with E-state index < -0.39 is 0 Å². The second kappa shape index (κ2) is 7.18. The van der Waals surface area contributed by atoms with Crippen molar-refractivity contribution in [1.29, 1.82) is 0 Å². The Hall–Kier alpha value is -0.490. The van der Waals surface area contributed by atoms with Crippen molar-refractivity contribution >= 4 is 66.7 Å². The number of aromatic nitrogens is 1. The molecule has 21 heavy (non-hydrogen) atoms. The fourth-order valence-corrected chi connectivity index (χ4v) is 3.19. The number of hydrogen-bond acceptors (Lipinski definition) is 1. The van der Waals surface area contributed by atoms with E-state index in [-0.39, 0.29) is 5.91 Å². The summed E-state index contributed by atoms with van der Waals surface area (Å²) < 4.78 is 3.44. The highest BCUT2D eigenvalue weighted by Crippen LogP contribution is 2.36. The van der Waals surface area contributed by atoms with Gasteiger partial charge in [0.15, 0.2) is 0 Å². The number of rotatable bonds is 4. The minimum Gasteiger partial charge on any atom is -0.342 e. The maximum absolute atomic E-state index is 12.4. The van der Waals surface area contributed by atoms with Crippen LogP contribution in [0.4, 0.5) is 5.69 Å². The van der Waals surface area contributed by atoms with Gasteiger partial charge in [-0.3, -0.25) is 4.79 Å². The second-order valence-corrected chi connectivity index (χ2v) is 6.94. The third-order valence-electron chi connectivity index (χ3n) is 2.84. The fraction of sp³-hybridized carbons (Fsp3) is 0.214. The van der Waals surface area contributed by atoms with Gasteiger partial charge in [0.25, 0.3) is 5.91 Å². The molecule has 0 unspecified atom stereocenters. The number of carbonyl (C=O) groups is 1. The molecule has 0 aliphatic heterocycles. The molecule has 0 atom stereocenters. The minimum absolute atomic E-state index is 0.227. The van der Waals surface area contributed by atoms with E-state index in [9.17, 15) is 4.79 Å². The molecule has 112 valence electrons. The second-order valence-electron chi connectivity index (χ2n) is 4.41. The van der Waals surface area contributed by atoms with Gasteiger partial charge in [-0.05, 0) is 56.5 Å². The van der Waals surface area contributed by atoms with E-state index in [0.29, 0.717) is 25.9 Å². The zero-order valence-corrected chi connectivity index (χ0v) is 15.8. The molecule has 0 saturated heterocycles. The van der Waals surface area contributed by atoms with Gasteiger partial charge in [-0.2, -0.15) is 0 Å². The molecule has 0 aliphatic rings. The van der Waals surface area contributed by atoms with Crippen LogP contribution in [0.25, 0.3) is 0 Å². The molecule has 3 nitrogen and oxygen atoms in total. The molecule has 1 aromatic heterocycles. The topological polar surface area (TPSA) is 34.0 Å². The molecule has 2 aromatic rings. The highest BCUT2D eigenvalue weighted by Gasteiger charge is 2.16. The Bertz CT molecular complexity index is 686. The van der Waals surface area contributed by atoms with Crippen LogP contribution < -0.4 is 5.32 Å². The van der Waals surface area contributed by atoms with Gasteiger partial charge in [0.2, 0.25) is 0 Å². The van der Waals surface area contributed by atoms with E-state index in [4.69, 9.17) is 23.2 Å². The van der Waals surface area contributed by atoms with E-state index in [1.54, 1.807) is 18.2 Å².